The summed E-state index contributed by atoms with van der Waals surface area (Å²) in [6.45, 7) is 6.51. The number of carbonyl (C=O) groups excluding carboxylic acids is 1. The minimum absolute atomic E-state index is 0.0145. The summed E-state index contributed by atoms with van der Waals surface area (Å²) in [6, 6.07) is 6.66. The monoisotopic (exact) mass is 322 g/mol. The van der Waals surface area contributed by atoms with E-state index in [1.165, 1.54) is 6.26 Å². The van der Waals surface area contributed by atoms with E-state index in [-0.39, 0.29) is 16.1 Å². The van der Waals surface area contributed by atoms with Gasteiger partial charge in [0.25, 0.3) is 0 Å². The Hall–Kier alpha value is -1.62. The van der Waals surface area contributed by atoms with Crippen LogP contribution in [0.25, 0.3) is 5.57 Å². The summed E-state index contributed by atoms with van der Waals surface area (Å²) in [4.78, 5) is 12.5. The lowest BCUT2D eigenvalue weighted by atomic mass is 9.82. The van der Waals surface area contributed by atoms with E-state index in [9.17, 15) is 13.2 Å². The summed E-state index contributed by atoms with van der Waals surface area (Å²) in [6.07, 6.45) is 2.42. The molecule has 0 saturated carbocycles. The van der Waals surface area contributed by atoms with Crippen molar-refractivity contribution in [3.8, 4) is 0 Å². The van der Waals surface area contributed by atoms with Gasteiger partial charge in [0.05, 0.1) is 11.5 Å². The molecule has 0 radical (unpaired) electrons. The zero-order valence-corrected chi connectivity index (χ0v) is 14.3. The molecule has 0 N–H and O–H groups in total. The molecule has 0 amide bonds. The summed E-state index contributed by atoms with van der Waals surface area (Å²) in [5, 5.41) is 0. The summed E-state index contributed by atoms with van der Waals surface area (Å²) in [5.74, 6) is 0.444. The summed E-state index contributed by atoms with van der Waals surface area (Å²) in [5.41, 5.74) is 1.40. The van der Waals surface area contributed by atoms with E-state index in [0.29, 0.717) is 18.8 Å². The highest BCUT2D eigenvalue weighted by molar-refractivity contribution is 7.90. The lowest BCUT2D eigenvalue weighted by Gasteiger charge is -2.22. The SMILES string of the molecule is CCCOC1=C(c2ccc(S(C)(=O)=O)cc2)C(C)(C)CC1=O. The van der Waals surface area contributed by atoms with Gasteiger partial charge in [0, 0.05) is 23.7 Å². The van der Waals surface area contributed by atoms with Crippen LogP contribution in [0.4, 0.5) is 0 Å². The molecule has 0 fully saturated rings. The number of hydrogen-bond donors (Lipinski definition) is 0. The Morgan fingerprint density at radius 2 is 1.77 bits per heavy atom. The fourth-order valence-electron chi connectivity index (χ4n) is 2.76. The molecular formula is C17H22O4S. The number of sulfone groups is 1. The number of rotatable bonds is 5. The molecule has 1 aromatic carbocycles. The predicted molar refractivity (Wildman–Crippen MR) is 86.1 cm³/mol. The van der Waals surface area contributed by atoms with Crippen LogP contribution >= 0.6 is 0 Å². The van der Waals surface area contributed by atoms with Crippen LogP contribution < -0.4 is 0 Å². The quantitative estimate of drug-likeness (QED) is 0.835. The number of Topliss-reactive ketones (excluding diaryl/α,β-unsaturated/α-hetero) is 1. The van der Waals surface area contributed by atoms with Gasteiger partial charge in [-0.2, -0.15) is 0 Å². The molecule has 0 unspecified atom stereocenters. The first-order valence-electron chi connectivity index (χ1n) is 7.38. The van der Waals surface area contributed by atoms with Crippen molar-refractivity contribution in [2.75, 3.05) is 12.9 Å². The van der Waals surface area contributed by atoms with Crippen molar-refractivity contribution < 1.29 is 17.9 Å². The largest absolute Gasteiger partial charge is 0.490 e. The van der Waals surface area contributed by atoms with Crippen LogP contribution in [0.15, 0.2) is 34.9 Å². The number of ketones is 1. The van der Waals surface area contributed by atoms with Crippen LogP contribution in [0, 0.1) is 5.41 Å². The molecular weight excluding hydrogens is 300 g/mol. The molecule has 22 heavy (non-hydrogen) atoms. The smallest absolute Gasteiger partial charge is 0.198 e. The van der Waals surface area contributed by atoms with E-state index in [1.54, 1.807) is 24.3 Å². The molecule has 0 saturated heterocycles. The first-order valence-corrected chi connectivity index (χ1v) is 9.27. The zero-order chi connectivity index (χ0) is 16.5. The van der Waals surface area contributed by atoms with Gasteiger partial charge < -0.3 is 4.74 Å². The van der Waals surface area contributed by atoms with E-state index >= 15 is 0 Å². The van der Waals surface area contributed by atoms with Crippen LogP contribution in [0.5, 0.6) is 0 Å². The van der Waals surface area contributed by atoms with Crippen molar-refractivity contribution in [3.63, 3.8) is 0 Å². The maximum atomic E-state index is 12.2. The van der Waals surface area contributed by atoms with Gasteiger partial charge in [-0.3, -0.25) is 4.79 Å². The molecule has 0 bridgehead atoms. The molecule has 0 aromatic heterocycles. The normalized spacial score (nSPS) is 17.9. The number of benzene rings is 1. The Morgan fingerprint density at radius 3 is 2.27 bits per heavy atom. The zero-order valence-electron chi connectivity index (χ0n) is 13.5. The van der Waals surface area contributed by atoms with Crippen LogP contribution in [-0.2, 0) is 19.4 Å². The second-order valence-corrected chi connectivity index (χ2v) is 8.35. The van der Waals surface area contributed by atoms with Crippen LogP contribution in [0.1, 0.15) is 39.2 Å². The first-order chi connectivity index (χ1) is 10.2. The van der Waals surface area contributed by atoms with Crippen molar-refractivity contribution >= 4 is 21.2 Å². The van der Waals surface area contributed by atoms with Gasteiger partial charge in [0.15, 0.2) is 21.4 Å². The topological polar surface area (TPSA) is 60.4 Å². The fraction of sp³-hybridized carbons (Fsp3) is 0.471. The number of hydrogen-bond acceptors (Lipinski definition) is 4. The Kier molecular flexibility index (Phi) is 4.47. The molecule has 0 aliphatic heterocycles. The minimum atomic E-state index is -3.22. The van der Waals surface area contributed by atoms with E-state index in [4.69, 9.17) is 4.74 Å². The third-order valence-corrected chi connectivity index (χ3v) is 4.91. The number of ether oxygens (including phenoxy) is 1. The Balaban J connectivity index is 2.50. The van der Waals surface area contributed by atoms with Gasteiger partial charge in [-0.15, -0.1) is 0 Å². The number of allylic oxidation sites excluding steroid dienone is 2. The molecule has 0 atom stereocenters. The van der Waals surface area contributed by atoms with E-state index in [0.717, 1.165) is 17.6 Å². The molecule has 0 spiro atoms. The van der Waals surface area contributed by atoms with Gasteiger partial charge in [-0.25, -0.2) is 8.42 Å². The highest BCUT2D eigenvalue weighted by Gasteiger charge is 2.40. The lowest BCUT2D eigenvalue weighted by Crippen LogP contribution is -2.10. The van der Waals surface area contributed by atoms with Crippen LogP contribution in [-0.4, -0.2) is 27.1 Å². The first kappa shape index (κ1) is 16.7. The summed E-state index contributed by atoms with van der Waals surface area (Å²) in [7, 11) is -3.22. The highest BCUT2D eigenvalue weighted by Crippen LogP contribution is 2.46. The lowest BCUT2D eigenvalue weighted by molar-refractivity contribution is -0.118. The maximum Gasteiger partial charge on any atom is 0.198 e. The molecule has 2 rings (SSSR count). The molecule has 5 heteroatoms. The highest BCUT2D eigenvalue weighted by atomic mass is 32.2. The fourth-order valence-corrected chi connectivity index (χ4v) is 3.39. The van der Waals surface area contributed by atoms with Crippen molar-refractivity contribution in [3.05, 3.63) is 35.6 Å². The Labute approximate surface area is 132 Å². The van der Waals surface area contributed by atoms with Crippen LogP contribution in [0.2, 0.25) is 0 Å². The van der Waals surface area contributed by atoms with Gasteiger partial charge in [-0.05, 0) is 24.1 Å². The molecule has 4 nitrogen and oxygen atoms in total. The van der Waals surface area contributed by atoms with E-state index < -0.39 is 9.84 Å². The summed E-state index contributed by atoms with van der Waals surface area (Å²) < 4.78 is 28.8. The van der Waals surface area contributed by atoms with E-state index in [1.807, 2.05) is 20.8 Å². The third-order valence-electron chi connectivity index (χ3n) is 3.78. The third kappa shape index (κ3) is 3.24. The predicted octanol–water partition coefficient (Wildman–Crippen LogP) is 3.23. The molecule has 1 aromatic rings. The molecule has 120 valence electrons. The Morgan fingerprint density at radius 1 is 1.18 bits per heavy atom. The van der Waals surface area contributed by atoms with Crippen molar-refractivity contribution in [2.24, 2.45) is 5.41 Å². The second-order valence-electron chi connectivity index (χ2n) is 6.33. The van der Waals surface area contributed by atoms with Gasteiger partial charge in [0.1, 0.15) is 0 Å². The van der Waals surface area contributed by atoms with Gasteiger partial charge in [0.2, 0.25) is 0 Å². The van der Waals surface area contributed by atoms with Crippen molar-refractivity contribution in [2.45, 2.75) is 38.5 Å². The second kappa shape index (κ2) is 5.88. The molecule has 0 heterocycles. The average molecular weight is 322 g/mol. The van der Waals surface area contributed by atoms with Gasteiger partial charge >= 0.3 is 0 Å². The molecule has 1 aliphatic carbocycles. The minimum Gasteiger partial charge on any atom is -0.490 e. The maximum absolute atomic E-state index is 12.2. The molecule has 1 aliphatic rings. The summed E-state index contributed by atoms with van der Waals surface area (Å²) >= 11 is 0. The van der Waals surface area contributed by atoms with Gasteiger partial charge in [-0.1, -0.05) is 32.9 Å². The standard InChI is InChI=1S/C17H22O4S/c1-5-10-21-16-14(18)11-17(2,3)15(16)12-6-8-13(9-7-12)22(4,19)20/h6-9H,5,10-11H2,1-4H3. The van der Waals surface area contributed by atoms with Crippen molar-refractivity contribution in [1.29, 1.82) is 0 Å². The average Bonchev–Trinajstić information content (AvgIpc) is 2.64. The van der Waals surface area contributed by atoms with E-state index in [2.05, 4.69) is 0 Å². The number of carbonyl (C=O) groups is 1. The Bertz CT molecular complexity index is 710. The van der Waals surface area contributed by atoms with Crippen molar-refractivity contribution in [1.82, 2.24) is 0 Å². The van der Waals surface area contributed by atoms with Crippen LogP contribution in [0.3, 0.4) is 0 Å².